The molecule has 0 aliphatic carbocycles. The smallest absolute Gasteiger partial charge is 0.142 e. The molecule has 1 aromatic heterocycles. The molecule has 0 saturated carbocycles. The van der Waals surface area contributed by atoms with Gasteiger partial charge in [0.15, 0.2) is 0 Å². The minimum atomic E-state index is 0.353. The van der Waals surface area contributed by atoms with Crippen molar-refractivity contribution in [1.29, 1.82) is 5.26 Å². The fourth-order valence-corrected chi connectivity index (χ4v) is 2.46. The summed E-state index contributed by atoms with van der Waals surface area (Å²) in [6.07, 6.45) is 3.01. The van der Waals surface area contributed by atoms with E-state index in [0.717, 1.165) is 31.7 Å². The van der Waals surface area contributed by atoms with Crippen molar-refractivity contribution in [1.82, 2.24) is 4.98 Å². The third-order valence-corrected chi connectivity index (χ3v) is 3.22. The summed E-state index contributed by atoms with van der Waals surface area (Å²) in [6.45, 7) is 1.80. The Morgan fingerprint density at radius 1 is 1.31 bits per heavy atom. The van der Waals surface area contributed by atoms with E-state index in [1.807, 2.05) is 12.1 Å². The first-order chi connectivity index (χ1) is 7.85. The van der Waals surface area contributed by atoms with Crippen LogP contribution in [0.15, 0.2) is 18.2 Å². The molecule has 2 aliphatic rings. The first-order valence-corrected chi connectivity index (χ1v) is 5.63. The summed E-state index contributed by atoms with van der Waals surface area (Å²) in [6, 6.07) is 7.66. The van der Waals surface area contributed by atoms with Crippen molar-refractivity contribution in [3.8, 4) is 6.07 Å². The number of nitrogens with zero attached hydrogens (tertiary/aromatic N) is 3. The zero-order valence-electron chi connectivity index (χ0n) is 8.97. The quantitative estimate of drug-likeness (QED) is 0.709. The average molecular weight is 215 g/mol. The maximum atomic E-state index is 8.82. The number of hydrogen-bond acceptors (Lipinski definition) is 4. The van der Waals surface area contributed by atoms with Crippen LogP contribution in [-0.4, -0.2) is 30.3 Å². The van der Waals surface area contributed by atoms with Crippen molar-refractivity contribution >= 4 is 5.82 Å². The Morgan fingerprint density at radius 2 is 2.06 bits per heavy atom. The molecule has 0 aromatic carbocycles. The molecule has 4 heteroatoms. The van der Waals surface area contributed by atoms with Gasteiger partial charge in [-0.1, -0.05) is 6.07 Å². The van der Waals surface area contributed by atoms with Gasteiger partial charge in [0, 0.05) is 13.1 Å². The minimum Gasteiger partial charge on any atom is -0.371 e. The number of nitriles is 1. The average Bonchev–Trinajstić information content (AvgIpc) is 2.68. The Bertz CT molecular complexity index is 428. The van der Waals surface area contributed by atoms with E-state index in [4.69, 9.17) is 10.00 Å². The fraction of sp³-hybridized carbons (Fsp3) is 0.500. The highest BCUT2D eigenvalue weighted by molar-refractivity contribution is 5.42. The summed E-state index contributed by atoms with van der Waals surface area (Å²) in [4.78, 5) is 6.55. The molecule has 2 atom stereocenters. The van der Waals surface area contributed by atoms with Gasteiger partial charge in [0.25, 0.3) is 0 Å². The topological polar surface area (TPSA) is 49.2 Å². The highest BCUT2D eigenvalue weighted by Gasteiger charge is 2.34. The Balaban J connectivity index is 1.84. The molecule has 3 rings (SSSR count). The van der Waals surface area contributed by atoms with Gasteiger partial charge in [0.2, 0.25) is 0 Å². The van der Waals surface area contributed by atoms with E-state index in [0.29, 0.717) is 17.9 Å². The Morgan fingerprint density at radius 3 is 2.75 bits per heavy atom. The molecule has 3 heterocycles. The van der Waals surface area contributed by atoms with Crippen molar-refractivity contribution < 1.29 is 4.74 Å². The van der Waals surface area contributed by atoms with Gasteiger partial charge in [-0.15, -0.1) is 0 Å². The van der Waals surface area contributed by atoms with Gasteiger partial charge in [0.05, 0.1) is 12.2 Å². The first kappa shape index (κ1) is 9.61. The zero-order chi connectivity index (χ0) is 11.0. The molecular formula is C12H13N3O. The van der Waals surface area contributed by atoms with Crippen LogP contribution in [-0.2, 0) is 4.74 Å². The van der Waals surface area contributed by atoms with E-state index in [9.17, 15) is 0 Å². The van der Waals surface area contributed by atoms with E-state index in [1.54, 1.807) is 6.07 Å². The van der Waals surface area contributed by atoms with Crippen LogP contribution in [0.4, 0.5) is 5.82 Å². The predicted molar refractivity (Wildman–Crippen MR) is 59.1 cm³/mol. The molecule has 2 bridgehead atoms. The molecule has 1 aromatic rings. The van der Waals surface area contributed by atoms with Gasteiger partial charge in [-0.2, -0.15) is 5.26 Å². The number of aromatic nitrogens is 1. The summed E-state index contributed by atoms with van der Waals surface area (Å²) in [5.74, 6) is 0.902. The van der Waals surface area contributed by atoms with Gasteiger partial charge in [0.1, 0.15) is 17.6 Å². The summed E-state index contributed by atoms with van der Waals surface area (Å²) in [7, 11) is 0. The van der Waals surface area contributed by atoms with E-state index in [2.05, 4.69) is 16.0 Å². The molecule has 2 unspecified atom stereocenters. The standard InChI is InChI=1S/C12H13N3O/c13-6-9-2-1-3-12(14-9)15-7-10-4-5-11(8-15)16-10/h1-3,10-11H,4-5,7-8H2. The number of fused-ring (bicyclic) bond motifs is 2. The molecule has 0 radical (unpaired) electrons. The Labute approximate surface area is 94.5 Å². The van der Waals surface area contributed by atoms with Gasteiger partial charge in [-0.05, 0) is 25.0 Å². The van der Waals surface area contributed by atoms with Crippen LogP contribution in [0, 0.1) is 11.3 Å². The van der Waals surface area contributed by atoms with Crippen molar-refractivity contribution in [2.75, 3.05) is 18.0 Å². The lowest BCUT2D eigenvalue weighted by Crippen LogP contribution is -2.43. The lowest BCUT2D eigenvalue weighted by molar-refractivity contribution is 0.0302. The summed E-state index contributed by atoms with van der Waals surface area (Å²) in [5, 5.41) is 8.82. The third kappa shape index (κ3) is 1.63. The molecule has 82 valence electrons. The molecule has 0 amide bonds. The van der Waals surface area contributed by atoms with Gasteiger partial charge in [-0.25, -0.2) is 4.98 Å². The number of hydrogen-bond donors (Lipinski definition) is 0. The minimum absolute atomic E-state index is 0.353. The lowest BCUT2D eigenvalue weighted by atomic mass is 10.2. The molecule has 0 N–H and O–H groups in total. The van der Waals surface area contributed by atoms with Crippen molar-refractivity contribution in [3.63, 3.8) is 0 Å². The van der Waals surface area contributed by atoms with Crippen molar-refractivity contribution in [2.45, 2.75) is 25.0 Å². The van der Waals surface area contributed by atoms with Crippen LogP contribution in [0.5, 0.6) is 0 Å². The van der Waals surface area contributed by atoms with Gasteiger partial charge in [-0.3, -0.25) is 0 Å². The second kappa shape index (κ2) is 3.76. The van der Waals surface area contributed by atoms with E-state index in [-0.39, 0.29) is 0 Å². The number of rotatable bonds is 1. The molecule has 0 spiro atoms. The second-order valence-electron chi connectivity index (χ2n) is 4.36. The molecule has 4 nitrogen and oxygen atoms in total. The number of morpholine rings is 1. The summed E-state index contributed by atoms with van der Waals surface area (Å²) < 4.78 is 5.77. The highest BCUT2D eigenvalue weighted by atomic mass is 16.5. The van der Waals surface area contributed by atoms with Gasteiger partial charge < -0.3 is 9.64 Å². The van der Waals surface area contributed by atoms with Crippen LogP contribution in [0.1, 0.15) is 18.5 Å². The number of anilines is 1. The molecule has 2 fully saturated rings. The van der Waals surface area contributed by atoms with E-state index in [1.165, 1.54) is 0 Å². The maximum absolute atomic E-state index is 8.82. The summed E-state index contributed by atoms with van der Waals surface area (Å²) >= 11 is 0. The highest BCUT2D eigenvalue weighted by Crippen LogP contribution is 2.28. The molecule has 16 heavy (non-hydrogen) atoms. The number of pyridine rings is 1. The monoisotopic (exact) mass is 215 g/mol. The Kier molecular flexibility index (Phi) is 2.26. The van der Waals surface area contributed by atoms with Crippen LogP contribution in [0.3, 0.4) is 0 Å². The fourth-order valence-electron chi connectivity index (χ4n) is 2.46. The molecular weight excluding hydrogens is 202 g/mol. The largest absolute Gasteiger partial charge is 0.371 e. The SMILES string of the molecule is N#Cc1cccc(N2CC3CCC(C2)O3)n1. The van der Waals surface area contributed by atoms with Crippen LogP contribution < -0.4 is 4.90 Å². The normalized spacial score (nSPS) is 27.8. The van der Waals surface area contributed by atoms with Crippen molar-refractivity contribution in [3.05, 3.63) is 23.9 Å². The maximum Gasteiger partial charge on any atom is 0.142 e. The zero-order valence-corrected chi connectivity index (χ0v) is 8.97. The number of ether oxygens (including phenoxy) is 1. The second-order valence-corrected chi connectivity index (χ2v) is 4.36. The van der Waals surface area contributed by atoms with Gasteiger partial charge >= 0.3 is 0 Å². The molecule has 2 aliphatic heterocycles. The van der Waals surface area contributed by atoms with Crippen molar-refractivity contribution in [2.24, 2.45) is 0 Å². The van der Waals surface area contributed by atoms with E-state index >= 15 is 0 Å². The molecule has 2 saturated heterocycles. The van der Waals surface area contributed by atoms with Crippen LogP contribution >= 0.6 is 0 Å². The Hall–Kier alpha value is -1.60. The predicted octanol–water partition coefficient (Wildman–Crippen LogP) is 1.32. The lowest BCUT2D eigenvalue weighted by Gasteiger charge is -2.32. The van der Waals surface area contributed by atoms with E-state index < -0.39 is 0 Å². The van der Waals surface area contributed by atoms with Crippen LogP contribution in [0.2, 0.25) is 0 Å². The third-order valence-electron chi connectivity index (χ3n) is 3.22. The first-order valence-electron chi connectivity index (χ1n) is 5.63. The summed E-state index contributed by atoms with van der Waals surface area (Å²) in [5.41, 5.74) is 0.483. The van der Waals surface area contributed by atoms with Crippen LogP contribution in [0.25, 0.3) is 0 Å².